The van der Waals surface area contributed by atoms with E-state index < -0.39 is 0 Å². The molecule has 1 amide bonds. The van der Waals surface area contributed by atoms with Crippen molar-refractivity contribution in [1.29, 1.82) is 0 Å². The van der Waals surface area contributed by atoms with Crippen LogP contribution in [0, 0.1) is 5.92 Å². The predicted octanol–water partition coefficient (Wildman–Crippen LogP) is 1.04. The zero-order chi connectivity index (χ0) is 11.4. The van der Waals surface area contributed by atoms with Gasteiger partial charge >= 0.3 is 0 Å². The molecule has 16 heavy (non-hydrogen) atoms. The molecule has 1 saturated heterocycles. The molecule has 4 heteroatoms. The van der Waals surface area contributed by atoms with Crippen LogP contribution in [0.5, 0.6) is 0 Å². The summed E-state index contributed by atoms with van der Waals surface area (Å²) in [5, 5.41) is 2.72. The van der Waals surface area contributed by atoms with Gasteiger partial charge in [-0.2, -0.15) is 0 Å². The van der Waals surface area contributed by atoms with Crippen LogP contribution in [0.3, 0.4) is 0 Å². The number of aromatic nitrogens is 1. The van der Waals surface area contributed by atoms with Gasteiger partial charge in [-0.1, -0.05) is 6.07 Å². The fourth-order valence-electron chi connectivity index (χ4n) is 2.14. The van der Waals surface area contributed by atoms with E-state index in [0.29, 0.717) is 0 Å². The Morgan fingerprint density at radius 2 is 2.44 bits per heavy atom. The van der Waals surface area contributed by atoms with Crippen molar-refractivity contribution < 1.29 is 4.79 Å². The predicted molar refractivity (Wildman–Crippen MR) is 63.2 cm³/mol. The molecule has 1 atom stereocenters. The lowest BCUT2D eigenvalue weighted by Gasteiger charge is -2.32. The average molecular weight is 219 g/mol. The van der Waals surface area contributed by atoms with Crippen LogP contribution in [0.2, 0.25) is 0 Å². The second-order valence-electron chi connectivity index (χ2n) is 4.09. The van der Waals surface area contributed by atoms with E-state index in [0.717, 1.165) is 31.7 Å². The van der Waals surface area contributed by atoms with Crippen molar-refractivity contribution in [2.45, 2.75) is 12.8 Å². The minimum atomic E-state index is 0.0979. The Bertz CT molecular complexity index is 353. The minimum Gasteiger partial charge on any atom is -0.359 e. The third kappa shape index (κ3) is 2.32. The molecule has 1 aliphatic rings. The number of carbonyl (C=O) groups excluding carboxylic acids is 1. The number of anilines is 1. The summed E-state index contributed by atoms with van der Waals surface area (Å²) in [6, 6.07) is 5.88. The van der Waals surface area contributed by atoms with Crippen molar-refractivity contribution in [2.75, 3.05) is 25.0 Å². The van der Waals surface area contributed by atoms with Gasteiger partial charge in [0, 0.05) is 26.3 Å². The van der Waals surface area contributed by atoms with Gasteiger partial charge in [0.15, 0.2) is 0 Å². The number of nitrogens with zero attached hydrogens (tertiary/aromatic N) is 2. The van der Waals surface area contributed by atoms with E-state index in [1.165, 1.54) is 0 Å². The first-order valence-corrected chi connectivity index (χ1v) is 5.69. The molecule has 2 heterocycles. The number of rotatable bonds is 2. The molecule has 0 aromatic carbocycles. The largest absolute Gasteiger partial charge is 0.359 e. The van der Waals surface area contributed by atoms with Crippen molar-refractivity contribution in [3.8, 4) is 0 Å². The third-order valence-corrected chi connectivity index (χ3v) is 3.01. The molecule has 0 aliphatic carbocycles. The molecule has 1 unspecified atom stereocenters. The summed E-state index contributed by atoms with van der Waals surface area (Å²) in [6.07, 6.45) is 3.82. The van der Waals surface area contributed by atoms with E-state index in [1.54, 1.807) is 13.2 Å². The summed E-state index contributed by atoms with van der Waals surface area (Å²) < 4.78 is 0. The van der Waals surface area contributed by atoms with Crippen molar-refractivity contribution in [2.24, 2.45) is 5.92 Å². The van der Waals surface area contributed by atoms with Crippen LogP contribution >= 0.6 is 0 Å². The van der Waals surface area contributed by atoms with Gasteiger partial charge < -0.3 is 10.2 Å². The van der Waals surface area contributed by atoms with Crippen LogP contribution in [0.4, 0.5) is 5.82 Å². The number of nitrogens with one attached hydrogen (secondary N) is 1. The molecule has 1 aliphatic heterocycles. The highest BCUT2D eigenvalue weighted by Gasteiger charge is 2.25. The Kier molecular flexibility index (Phi) is 3.39. The normalized spacial score (nSPS) is 20.6. The molecular formula is C12H17N3O. The van der Waals surface area contributed by atoms with Crippen LogP contribution in [0.15, 0.2) is 24.4 Å². The lowest BCUT2D eigenvalue weighted by Crippen LogP contribution is -2.42. The lowest BCUT2D eigenvalue weighted by molar-refractivity contribution is -0.124. The van der Waals surface area contributed by atoms with Crippen LogP contribution in [0.25, 0.3) is 0 Å². The molecule has 1 N–H and O–H groups in total. The third-order valence-electron chi connectivity index (χ3n) is 3.01. The number of carbonyl (C=O) groups is 1. The second kappa shape index (κ2) is 4.96. The van der Waals surface area contributed by atoms with Crippen molar-refractivity contribution in [3.05, 3.63) is 24.4 Å². The monoisotopic (exact) mass is 219 g/mol. The Balaban J connectivity index is 2.05. The number of pyridine rings is 1. The van der Waals surface area contributed by atoms with E-state index in [9.17, 15) is 4.79 Å². The summed E-state index contributed by atoms with van der Waals surface area (Å²) in [5.41, 5.74) is 0. The maximum Gasteiger partial charge on any atom is 0.224 e. The van der Waals surface area contributed by atoms with Crippen molar-refractivity contribution >= 4 is 11.7 Å². The van der Waals surface area contributed by atoms with E-state index in [4.69, 9.17) is 0 Å². The SMILES string of the molecule is CNC(=O)C1CCCN(c2ccccn2)C1. The summed E-state index contributed by atoms with van der Waals surface area (Å²) in [5.74, 6) is 1.21. The molecule has 0 spiro atoms. The number of amides is 1. The van der Waals surface area contributed by atoms with Crippen LogP contribution < -0.4 is 10.2 Å². The Labute approximate surface area is 95.7 Å². The first kappa shape index (κ1) is 10.9. The van der Waals surface area contributed by atoms with Gasteiger partial charge in [-0.15, -0.1) is 0 Å². The van der Waals surface area contributed by atoms with Crippen molar-refractivity contribution in [3.63, 3.8) is 0 Å². The van der Waals surface area contributed by atoms with Gasteiger partial charge in [0.05, 0.1) is 5.92 Å². The molecule has 0 saturated carbocycles. The summed E-state index contributed by atoms with van der Waals surface area (Å²) in [7, 11) is 1.70. The van der Waals surface area contributed by atoms with Crippen LogP contribution in [-0.4, -0.2) is 31.0 Å². The number of piperidine rings is 1. The number of hydrogen-bond acceptors (Lipinski definition) is 3. The van der Waals surface area contributed by atoms with Gasteiger partial charge in [-0.3, -0.25) is 4.79 Å². The van der Waals surface area contributed by atoms with Crippen LogP contribution in [-0.2, 0) is 4.79 Å². The van der Waals surface area contributed by atoms with Crippen LogP contribution in [0.1, 0.15) is 12.8 Å². The Morgan fingerprint density at radius 3 is 3.12 bits per heavy atom. The van der Waals surface area contributed by atoms with E-state index in [-0.39, 0.29) is 11.8 Å². The van der Waals surface area contributed by atoms with E-state index in [1.807, 2.05) is 18.2 Å². The second-order valence-corrected chi connectivity index (χ2v) is 4.09. The van der Waals surface area contributed by atoms with E-state index in [2.05, 4.69) is 15.2 Å². The van der Waals surface area contributed by atoms with Gasteiger partial charge in [-0.05, 0) is 25.0 Å². The molecule has 2 rings (SSSR count). The lowest BCUT2D eigenvalue weighted by atomic mass is 9.97. The number of hydrogen-bond donors (Lipinski definition) is 1. The first-order chi connectivity index (χ1) is 7.81. The highest BCUT2D eigenvalue weighted by Crippen LogP contribution is 2.21. The molecule has 86 valence electrons. The minimum absolute atomic E-state index is 0.0979. The first-order valence-electron chi connectivity index (χ1n) is 5.69. The molecular weight excluding hydrogens is 202 g/mol. The summed E-state index contributed by atoms with van der Waals surface area (Å²) in [4.78, 5) is 18.1. The molecule has 0 radical (unpaired) electrons. The van der Waals surface area contributed by atoms with Gasteiger partial charge in [0.2, 0.25) is 5.91 Å². The zero-order valence-electron chi connectivity index (χ0n) is 9.52. The van der Waals surface area contributed by atoms with Gasteiger partial charge in [0.1, 0.15) is 5.82 Å². The fraction of sp³-hybridized carbons (Fsp3) is 0.500. The quantitative estimate of drug-likeness (QED) is 0.808. The maximum atomic E-state index is 11.6. The summed E-state index contributed by atoms with van der Waals surface area (Å²) >= 11 is 0. The van der Waals surface area contributed by atoms with Gasteiger partial charge in [-0.25, -0.2) is 4.98 Å². The maximum absolute atomic E-state index is 11.6. The standard InChI is InChI=1S/C12H17N3O/c1-13-12(16)10-5-4-8-15(9-10)11-6-2-3-7-14-11/h2-3,6-7,10H,4-5,8-9H2,1H3,(H,13,16). The van der Waals surface area contributed by atoms with E-state index >= 15 is 0 Å². The average Bonchev–Trinajstić information content (AvgIpc) is 2.39. The molecule has 0 bridgehead atoms. The molecule has 1 fully saturated rings. The van der Waals surface area contributed by atoms with Gasteiger partial charge in [0.25, 0.3) is 0 Å². The Hall–Kier alpha value is -1.58. The zero-order valence-corrected chi connectivity index (χ0v) is 9.52. The highest BCUT2D eigenvalue weighted by molar-refractivity contribution is 5.79. The molecule has 1 aromatic rings. The highest BCUT2D eigenvalue weighted by atomic mass is 16.1. The smallest absolute Gasteiger partial charge is 0.224 e. The molecule has 1 aromatic heterocycles. The Morgan fingerprint density at radius 1 is 1.56 bits per heavy atom. The fourth-order valence-corrected chi connectivity index (χ4v) is 2.14. The topological polar surface area (TPSA) is 45.2 Å². The summed E-state index contributed by atoms with van der Waals surface area (Å²) in [6.45, 7) is 1.77. The molecule has 4 nitrogen and oxygen atoms in total. The van der Waals surface area contributed by atoms with Crippen molar-refractivity contribution in [1.82, 2.24) is 10.3 Å².